The summed E-state index contributed by atoms with van der Waals surface area (Å²) in [6.45, 7) is 0. The van der Waals surface area contributed by atoms with Gasteiger partial charge in [-0.15, -0.1) is 0 Å². The van der Waals surface area contributed by atoms with Crippen LogP contribution in [0.2, 0.25) is 0 Å². The number of hydrogen-bond acceptors (Lipinski definition) is 4. The number of amides is 2. The number of carbonyl (C=O) groups excluding carboxylic acids is 2. The minimum absolute atomic E-state index is 0.114. The van der Waals surface area contributed by atoms with Crippen LogP contribution in [0.15, 0.2) is 0 Å². The first kappa shape index (κ1) is 17.1. The highest BCUT2D eigenvalue weighted by atomic mass is 16.4. The molecule has 0 bridgehead atoms. The van der Waals surface area contributed by atoms with Gasteiger partial charge < -0.3 is 10.2 Å². The molecule has 3 N–H and O–H groups in total. The molecular weight excluding hydrogens is 254 g/mol. The van der Waals surface area contributed by atoms with E-state index in [1.54, 1.807) is 0 Å². The zero-order valence-electron chi connectivity index (χ0n) is 10.7. The summed E-state index contributed by atoms with van der Waals surface area (Å²) < 4.78 is 0. The Kier molecular flexibility index (Phi) is 9.03. The molecule has 0 saturated carbocycles. The lowest BCUT2D eigenvalue weighted by Crippen LogP contribution is -2.29. The van der Waals surface area contributed by atoms with E-state index in [9.17, 15) is 19.2 Å². The smallest absolute Gasteiger partial charge is 0.303 e. The van der Waals surface area contributed by atoms with Gasteiger partial charge in [0.15, 0.2) is 0 Å². The number of carboxylic acids is 2. The van der Waals surface area contributed by atoms with E-state index < -0.39 is 11.9 Å². The zero-order chi connectivity index (χ0) is 14.7. The van der Waals surface area contributed by atoms with Gasteiger partial charge in [-0.2, -0.15) is 0 Å². The topological polar surface area (TPSA) is 121 Å². The lowest BCUT2D eigenvalue weighted by atomic mass is 10.1. The molecule has 0 aromatic heterocycles. The average molecular weight is 273 g/mol. The molecule has 1 aliphatic heterocycles. The number of rotatable bonds is 3. The van der Waals surface area contributed by atoms with Crippen molar-refractivity contribution in [3.05, 3.63) is 0 Å². The molecule has 108 valence electrons. The van der Waals surface area contributed by atoms with E-state index in [1.165, 1.54) is 0 Å². The van der Waals surface area contributed by atoms with Crippen LogP contribution in [0.3, 0.4) is 0 Å². The van der Waals surface area contributed by atoms with Gasteiger partial charge in [0.1, 0.15) is 0 Å². The Morgan fingerprint density at radius 3 is 1.53 bits per heavy atom. The highest BCUT2D eigenvalue weighted by molar-refractivity contribution is 5.95. The van der Waals surface area contributed by atoms with E-state index in [2.05, 4.69) is 5.32 Å². The molecule has 0 aromatic carbocycles. The molecule has 0 radical (unpaired) electrons. The first-order valence-electron chi connectivity index (χ1n) is 6.18. The van der Waals surface area contributed by atoms with Gasteiger partial charge in [-0.3, -0.25) is 24.5 Å². The molecule has 2 amide bonds. The first-order chi connectivity index (χ1) is 8.91. The van der Waals surface area contributed by atoms with Crippen molar-refractivity contribution < 1.29 is 29.4 Å². The summed E-state index contributed by atoms with van der Waals surface area (Å²) in [6.07, 6.45) is 4.39. The lowest BCUT2D eigenvalue weighted by Gasteiger charge is -1.98. The van der Waals surface area contributed by atoms with Gasteiger partial charge in [-0.25, -0.2) is 0 Å². The molecule has 1 rings (SSSR count). The summed E-state index contributed by atoms with van der Waals surface area (Å²) in [7, 11) is 0. The van der Waals surface area contributed by atoms with Crippen LogP contribution in [0.25, 0.3) is 0 Å². The average Bonchev–Trinajstić information content (AvgIpc) is 2.39. The van der Waals surface area contributed by atoms with E-state index in [0.717, 1.165) is 25.7 Å². The molecule has 1 fully saturated rings. The Balaban J connectivity index is 0.000000362. The SMILES string of the molecule is O=C(O)CCC(=O)O.O=C1CCCCCCC(=O)N1. The van der Waals surface area contributed by atoms with Crippen molar-refractivity contribution in [2.45, 2.75) is 51.4 Å². The van der Waals surface area contributed by atoms with Crippen LogP contribution >= 0.6 is 0 Å². The van der Waals surface area contributed by atoms with Gasteiger partial charge in [0.25, 0.3) is 0 Å². The van der Waals surface area contributed by atoms with Gasteiger partial charge in [-0.1, -0.05) is 12.8 Å². The third kappa shape index (κ3) is 12.3. The minimum Gasteiger partial charge on any atom is -0.481 e. The summed E-state index contributed by atoms with van der Waals surface area (Å²) in [5.41, 5.74) is 0. The number of carboxylic acid groups (broad SMARTS) is 2. The molecule has 7 heteroatoms. The summed E-state index contributed by atoms with van der Waals surface area (Å²) in [4.78, 5) is 41.0. The van der Waals surface area contributed by atoms with Crippen LogP contribution in [-0.4, -0.2) is 34.0 Å². The van der Waals surface area contributed by atoms with E-state index in [4.69, 9.17) is 10.2 Å². The molecule has 0 aliphatic carbocycles. The van der Waals surface area contributed by atoms with Crippen LogP contribution in [-0.2, 0) is 19.2 Å². The Hall–Kier alpha value is -1.92. The zero-order valence-corrected chi connectivity index (χ0v) is 10.7. The normalized spacial score (nSPS) is 16.0. The van der Waals surface area contributed by atoms with Gasteiger partial charge in [0, 0.05) is 12.8 Å². The molecule has 0 unspecified atom stereocenters. The van der Waals surface area contributed by atoms with Crippen molar-refractivity contribution in [3.8, 4) is 0 Å². The van der Waals surface area contributed by atoms with E-state index in [0.29, 0.717) is 12.8 Å². The molecule has 1 saturated heterocycles. The van der Waals surface area contributed by atoms with Crippen molar-refractivity contribution in [1.82, 2.24) is 5.32 Å². The Labute approximate surface area is 111 Å². The second-order valence-electron chi connectivity index (χ2n) is 4.17. The number of aliphatic carboxylic acids is 2. The summed E-state index contributed by atoms with van der Waals surface area (Å²) in [6, 6.07) is 0. The van der Waals surface area contributed by atoms with Gasteiger partial charge in [0.2, 0.25) is 11.8 Å². The molecule has 7 nitrogen and oxygen atoms in total. The molecule has 0 atom stereocenters. The Morgan fingerprint density at radius 2 is 1.21 bits per heavy atom. The second-order valence-corrected chi connectivity index (χ2v) is 4.17. The molecule has 0 spiro atoms. The van der Waals surface area contributed by atoms with Crippen LogP contribution in [0, 0.1) is 0 Å². The predicted molar refractivity (Wildman–Crippen MR) is 65.4 cm³/mol. The molecule has 0 aromatic rings. The monoisotopic (exact) mass is 273 g/mol. The highest BCUT2D eigenvalue weighted by Gasteiger charge is 2.09. The molecule has 1 aliphatic rings. The van der Waals surface area contributed by atoms with Gasteiger partial charge in [-0.05, 0) is 12.8 Å². The van der Waals surface area contributed by atoms with Crippen LogP contribution in [0.4, 0.5) is 0 Å². The fourth-order valence-corrected chi connectivity index (χ4v) is 1.42. The number of nitrogens with one attached hydrogen (secondary N) is 1. The summed E-state index contributed by atoms with van der Waals surface area (Å²) in [5, 5.41) is 18.1. The largest absolute Gasteiger partial charge is 0.481 e. The highest BCUT2D eigenvalue weighted by Crippen LogP contribution is 2.07. The Morgan fingerprint density at radius 1 is 0.842 bits per heavy atom. The third-order valence-corrected chi connectivity index (χ3v) is 2.39. The van der Waals surface area contributed by atoms with Crippen molar-refractivity contribution in [2.24, 2.45) is 0 Å². The van der Waals surface area contributed by atoms with E-state index in [-0.39, 0.29) is 24.7 Å². The Bertz CT molecular complexity index is 307. The molecular formula is C12H19NO6. The fraction of sp³-hybridized carbons (Fsp3) is 0.667. The van der Waals surface area contributed by atoms with Gasteiger partial charge in [0.05, 0.1) is 12.8 Å². The summed E-state index contributed by atoms with van der Waals surface area (Å²) >= 11 is 0. The maximum absolute atomic E-state index is 10.9. The quantitative estimate of drug-likeness (QED) is 0.657. The molecule has 19 heavy (non-hydrogen) atoms. The third-order valence-electron chi connectivity index (χ3n) is 2.39. The predicted octanol–water partition coefficient (Wildman–Crippen LogP) is 0.919. The van der Waals surface area contributed by atoms with Crippen LogP contribution in [0.1, 0.15) is 51.4 Å². The molecule has 1 heterocycles. The van der Waals surface area contributed by atoms with Crippen molar-refractivity contribution in [3.63, 3.8) is 0 Å². The fourth-order valence-electron chi connectivity index (χ4n) is 1.42. The van der Waals surface area contributed by atoms with Crippen LogP contribution in [0.5, 0.6) is 0 Å². The lowest BCUT2D eigenvalue weighted by molar-refractivity contribution is -0.143. The summed E-state index contributed by atoms with van der Waals surface area (Å²) in [5.74, 6) is -2.38. The second kappa shape index (κ2) is 10.0. The van der Waals surface area contributed by atoms with E-state index in [1.807, 2.05) is 0 Å². The van der Waals surface area contributed by atoms with Crippen LogP contribution < -0.4 is 5.32 Å². The van der Waals surface area contributed by atoms with Crippen molar-refractivity contribution in [2.75, 3.05) is 0 Å². The van der Waals surface area contributed by atoms with Crippen molar-refractivity contribution in [1.29, 1.82) is 0 Å². The van der Waals surface area contributed by atoms with Crippen molar-refractivity contribution >= 4 is 23.8 Å². The number of hydrogen-bond donors (Lipinski definition) is 3. The number of carbonyl (C=O) groups is 4. The maximum Gasteiger partial charge on any atom is 0.303 e. The minimum atomic E-state index is -1.08. The maximum atomic E-state index is 10.9. The van der Waals surface area contributed by atoms with E-state index >= 15 is 0 Å². The van der Waals surface area contributed by atoms with Gasteiger partial charge >= 0.3 is 11.9 Å². The first-order valence-corrected chi connectivity index (χ1v) is 6.18. The standard InChI is InChI=1S/C8H13NO2.C4H6O4/c10-7-5-3-1-2-4-6-8(11)9-7;5-3(6)1-2-4(7)8/h1-6H2,(H,9,10,11);1-2H2,(H,5,6)(H,7,8). The number of imide groups is 1.